The molecule has 0 aromatic carbocycles. The zero-order chi connectivity index (χ0) is 16.9. The van der Waals surface area contributed by atoms with Gasteiger partial charge in [0, 0.05) is 13.0 Å². The van der Waals surface area contributed by atoms with Gasteiger partial charge >= 0.3 is 0 Å². The average Bonchev–Trinajstić information content (AvgIpc) is 3.10. The fourth-order valence-electron chi connectivity index (χ4n) is 1.97. The average molecular weight is 350 g/mol. The lowest BCUT2D eigenvalue weighted by molar-refractivity contribution is -0.132. The molecular formula is C15H18N4O4S. The molecule has 0 saturated heterocycles. The first-order chi connectivity index (χ1) is 11.6. The maximum atomic E-state index is 12.1. The van der Waals surface area contributed by atoms with E-state index in [1.807, 2.05) is 0 Å². The minimum atomic E-state index is -0.249. The number of amides is 2. The van der Waals surface area contributed by atoms with Crippen molar-refractivity contribution in [1.29, 1.82) is 0 Å². The summed E-state index contributed by atoms with van der Waals surface area (Å²) in [6, 6.07) is 3.52. The van der Waals surface area contributed by atoms with Crippen LogP contribution in [0.15, 0.2) is 32.5 Å². The van der Waals surface area contributed by atoms with Crippen LogP contribution in [0.4, 0.5) is 0 Å². The third-order valence-electron chi connectivity index (χ3n) is 3.51. The molecule has 0 spiro atoms. The Hall–Kier alpha value is -2.29. The molecule has 2 amide bonds. The molecule has 1 saturated carbocycles. The molecule has 128 valence electrons. The fraction of sp³-hybridized carbons (Fsp3) is 0.467. The smallest absolute Gasteiger partial charge is 0.277 e. The van der Waals surface area contributed by atoms with E-state index in [0.29, 0.717) is 29.3 Å². The van der Waals surface area contributed by atoms with Gasteiger partial charge in [0.25, 0.3) is 5.22 Å². The van der Waals surface area contributed by atoms with E-state index in [2.05, 4.69) is 15.5 Å². The number of hydrogen-bond acceptors (Lipinski definition) is 7. The quantitative estimate of drug-likeness (QED) is 0.718. The standard InChI is InChI=1S/C15H18N4O4S/c1-19(8-12(20)16-7-11-3-2-6-22-11)13(21)9-24-15-18-17-14(23-15)10-4-5-10/h2-3,6,10H,4-5,7-9H2,1H3,(H,16,20). The van der Waals surface area contributed by atoms with Crippen LogP contribution in [0.1, 0.15) is 30.4 Å². The van der Waals surface area contributed by atoms with E-state index in [-0.39, 0.29) is 24.1 Å². The number of carbonyl (C=O) groups excluding carboxylic acids is 2. The number of nitrogens with one attached hydrogen (secondary N) is 1. The van der Waals surface area contributed by atoms with E-state index < -0.39 is 0 Å². The predicted molar refractivity (Wildman–Crippen MR) is 85.2 cm³/mol. The van der Waals surface area contributed by atoms with Crippen molar-refractivity contribution in [2.45, 2.75) is 30.5 Å². The Morgan fingerprint density at radius 3 is 2.96 bits per heavy atom. The molecule has 2 heterocycles. The molecule has 0 radical (unpaired) electrons. The lowest BCUT2D eigenvalue weighted by Crippen LogP contribution is -2.38. The number of likely N-dealkylation sites (N-methyl/N-ethyl adjacent to an activating group) is 1. The Morgan fingerprint density at radius 1 is 1.42 bits per heavy atom. The van der Waals surface area contributed by atoms with E-state index in [0.717, 1.165) is 12.8 Å². The zero-order valence-corrected chi connectivity index (χ0v) is 14.0. The molecule has 1 aliphatic rings. The van der Waals surface area contributed by atoms with Gasteiger partial charge in [0.2, 0.25) is 17.7 Å². The van der Waals surface area contributed by atoms with Gasteiger partial charge in [-0.1, -0.05) is 11.8 Å². The summed E-state index contributed by atoms with van der Waals surface area (Å²) >= 11 is 1.18. The Balaban J connectivity index is 1.37. The molecule has 1 N–H and O–H groups in total. The molecule has 3 rings (SSSR count). The van der Waals surface area contributed by atoms with Gasteiger partial charge in [-0.05, 0) is 25.0 Å². The number of aromatic nitrogens is 2. The van der Waals surface area contributed by atoms with Crippen LogP contribution in [0.2, 0.25) is 0 Å². The second kappa shape index (κ2) is 7.52. The summed E-state index contributed by atoms with van der Waals surface area (Å²) in [6.45, 7) is 0.284. The summed E-state index contributed by atoms with van der Waals surface area (Å²) in [7, 11) is 1.58. The predicted octanol–water partition coefficient (Wildman–Crippen LogP) is 1.41. The van der Waals surface area contributed by atoms with E-state index in [1.165, 1.54) is 16.7 Å². The SMILES string of the molecule is CN(CC(=O)NCc1ccco1)C(=O)CSc1nnc(C2CC2)o1. The monoisotopic (exact) mass is 350 g/mol. The van der Waals surface area contributed by atoms with Crippen molar-refractivity contribution in [3.63, 3.8) is 0 Å². The Labute approximate surface area is 143 Å². The number of nitrogens with zero attached hydrogens (tertiary/aromatic N) is 3. The highest BCUT2D eigenvalue weighted by Crippen LogP contribution is 2.39. The highest BCUT2D eigenvalue weighted by atomic mass is 32.2. The molecule has 0 bridgehead atoms. The first-order valence-electron chi connectivity index (χ1n) is 7.61. The molecule has 0 unspecified atom stereocenters. The highest BCUT2D eigenvalue weighted by Gasteiger charge is 2.29. The minimum absolute atomic E-state index is 0.0166. The van der Waals surface area contributed by atoms with Gasteiger partial charge in [-0.15, -0.1) is 10.2 Å². The lowest BCUT2D eigenvalue weighted by Gasteiger charge is -2.15. The van der Waals surface area contributed by atoms with Crippen LogP contribution in [0.5, 0.6) is 0 Å². The summed E-state index contributed by atoms with van der Waals surface area (Å²) in [4.78, 5) is 25.2. The third-order valence-corrected chi connectivity index (χ3v) is 4.32. The Kier molecular flexibility index (Phi) is 5.19. The minimum Gasteiger partial charge on any atom is -0.467 e. The van der Waals surface area contributed by atoms with Gasteiger partial charge in [-0.2, -0.15) is 0 Å². The molecule has 2 aromatic heterocycles. The summed E-state index contributed by atoms with van der Waals surface area (Å²) in [5.74, 6) is 1.42. The van der Waals surface area contributed by atoms with Crippen LogP contribution in [-0.2, 0) is 16.1 Å². The van der Waals surface area contributed by atoms with Crippen molar-refractivity contribution < 1.29 is 18.4 Å². The number of rotatable bonds is 8. The van der Waals surface area contributed by atoms with Gasteiger partial charge in [-0.25, -0.2) is 0 Å². The molecule has 9 heteroatoms. The van der Waals surface area contributed by atoms with E-state index in [9.17, 15) is 9.59 Å². The largest absolute Gasteiger partial charge is 0.467 e. The molecule has 24 heavy (non-hydrogen) atoms. The van der Waals surface area contributed by atoms with E-state index >= 15 is 0 Å². The van der Waals surface area contributed by atoms with Gasteiger partial charge < -0.3 is 19.1 Å². The van der Waals surface area contributed by atoms with Crippen LogP contribution < -0.4 is 5.32 Å². The van der Waals surface area contributed by atoms with Gasteiger partial charge in [0.15, 0.2) is 0 Å². The van der Waals surface area contributed by atoms with Gasteiger partial charge in [0.05, 0.1) is 25.1 Å². The van der Waals surface area contributed by atoms with E-state index in [1.54, 1.807) is 25.4 Å². The summed E-state index contributed by atoms with van der Waals surface area (Å²) in [5, 5.41) is 11.0. The van der Waals surface area contributed by atoms with Crippen LogP contribution in [0, 0.1) is 0 Å². The van der Waals surface area contributed by atoms with Crippen molar-refractivity contribution in [2.75, 3.05) is 19.3 Å². The number of carbonyl (C=O) groups is 2. The van der Waals surface area contributed by atoms with Crippen molar-refractivity contribution in [3.05, 3.63) is 30.0 Å². The maximum absolute atomic E-state index is 12.1. The summed E-state index contributed by atoms with van der Waals surface area (Å²) < 4.78 is 10.6. The molecule has 0 aliphatic heterocycles. The normalized spacial score (nSPS) is 13.7. The third kappa shape index (κ3) is 4.60. The van der Waals surface area contributed by atoms with Crippen LogP contribution in [0.25, 0.3) is 0 Å². The molecule has 0 atom stereocenters. The second-order valence-electron chi connectivity index (χ2n) is 5.58. The summed E-state index contributed by atoms with van der Waals surface area (Å²) in [5.41, 5.74) is 0. The topological polar surface area (TPSA) is 101 Å². The first kappa shape index (κ1) is 16.6. The van der Waals surface area contributed by atoms with Gasteiger partial charge in [0.1, 0.15) is 5.76 Å². The molecular weight excluding hydrogens is 332 g/mol. The van der Waals surface area contributed by atoms with Crippen LogP contribution >= 0.6 is 11.8 Å². The first-order valence-corrected chi connectivity index (χ1v) is 8.59. The Bertz CT molecular complexity index is 696. The van der Waals surface area contributed by atoms with Crippen molar-refractivity contribution in [1.82, 2.24) is 20.4 Å². The molecule has 1 aliphatic carbocycles. The van der Waals surface area contributed by atoms with Crippen LogP contribution in [0.3, 0.4) is 0 Å². The number of furan rings is 1. The number of thioether (sulfide) groups is 1. The summed E-state index contributed by atoms with van der Waals surface area (Å²) in [6.07, 6.45) is 3.71. The van der Waals surface area contributed by atoms with Crippen molar-refractivity contribution >= 4 is 23.6 Å². The zero-order valence-electron chi connectivity index (χ0n) is 13.2. The molecule has 8 nitrogen and oxygen atoms in total. The maximum Gasteiger partial charge on any atom is 0.277 e. The second-order valence-corrected chi connectivity index (χ2v) is 6.50. The fourth-order valence-corrected chi connectivity index (χ4v) is 2.68. The van der Waals surface area contributed by atoms with Crippen molar-refractivity contribution in [3.8, 4) is 0 Å². The van der Waals surface area contributed by atoms with Crippen LogP contribution in [-0.4, -0.2) is 46.3 Å². The highest BCUT2D eigenvalue weighted by molar-refractivity contribution is 7.99. The lowest BCUT2D eigenvalue weighted by atomic mass is 10.4. The van der Waals surface area contributed by atoms with Gasteiger partial charge in [-0.3, -0.25) is 9.59 Å². The molecule has 1 fully saturated rings. The Morgan fingerprint density at radius 2 is 2.25 bits per heavy atom. The number of hydrogen-bond donors (Lipinski definition) is 1. The van der Waals surface area contributed by atoms with Crippen molar-refractivity contribution in [2.24, 2.45) is 0 Å². The van der Waals surface area contributed by atoms with E-state index in [4.69, 9.17) is 8.83 Å². The molecule has 2 aromatic rings.